The van der Waals surface area contributed by atoms with Crippen LogP contribution in [-0.4, -0.2) is 41.7 Å². The van der Waals surface area contributed by atoms with E-state index < -0.39 is 41.1 Å². The number of likely N-dealkylation sites (tertiary alicyclic amines) is 1. The molecule has 5 rings (SSSR count). The quantitative estimate of drug-likeness (QED) is 0.535. The lowest BCUT2D eigenvalue weighted by atomic mass is 9.76. The highest BCUT2D eigenvalue weighted by Crippen LogP contribution is 2.54. The number of methoxy groups -OCH3 is 1. The van der Waals surface area contributed by atoms with Crippen molar-refractivity contribution in [3.05, 3.63) is 58.6 Å². The number of anilines is 1. The summed E-state index contributed by atoms with van der Waals surface area (Å²) in [5.41, 5.74) is 5.69. The molecule has 4 amide bonds. The molecule has 0 radical (unpaired) electrons. The fourth-order valence-electron chi connectivity index (χ4n) is 5.45. The molecule has 2 fully saturated rings. The molecule has 9 nitrogen and oxygen atoms in total. The van der Waals surface area contributed by atoms with Crippen molar-refractivity contribution in [2.45, 2.75) is 31.0 Å². The van der Waals surface area contributed by atoms with E-state index in [1.807, 2.05) is 0 Å². The minimum absolute atomic E-state index is 0.0148. The highest BCUT2D eigenvalue weighted by atomic mass is 35.5. The molecule has 2 aromatic carbocycles. The van der Waals surface area contributed by atoms with Crippen LogP contribution in [0.2, 0.25) is 5.02 Å². The number of ether oxygens (including phenoxy) is 1. The first kappa shape index (κ1) is 22.4. The summed E-state index contributed by atoms with van der Waals surface area (Å²) >= 11 is 6.24. The zero-order valence-electron chi connectivity index (χ0n) is 18.3. The van der Waals surface area contributed by atoms with Gasteiger partial charge in [-0.3, -0.25) is 29.4 Å². The molecule has 2 aromatic rings. The summed E-state index contributed by atoms with van der Waals surface area (Å²) in [7, 11) is 1.55. The number of primary amides is 1. The second kappa shape index (κ2) is 8.11. The van der Waals surface area contributed by atoms with Crippen molar-refractivity contribution >= 4 is 40.9 Å². The highest BCUT2D eigenvalue weighted by Gasteiger charge is 2.70. The lowest BCUT2D eigenvalue weighted by Crippen LogP contribution is -2.53. The van der Waals surface area contributed by atoms with Gasteiger partial charge in [-0.25, -0.2) is 0 Å². The van der Waals surface area contributed by atoms with Crippen molar-refractivity contribution in [3.63, 3.8) is 0 Å². The predicted octanol–water partition coefficient (Wildman–Crippen LogP) is 1.53. The number of hydrogen-bond acceptors (Lipinski definition) is 6. The van der Waals surface area contributed by atoms with Crippen LogP contribution < -0.4 is 21.1 Å². The third-order valence-corrected chi connectivity index (χ3v) is 7.20. The number of fused-ring (bicyclic) bond motifs is 4. The number of rotatable bonds is 6. The molecule has 3 aliphatic rings. The van der Waals surface area contributed by atoms with Crippen molar-refractivity contribution in [1.29, 1.82) is 0 Å². The minimum Gasteiger partial charge on any atom is -0.497 e. The Morgan fingerprint density at radius 1 is 1.15 bits per heavy atom. The van der Waals surface area contributed by atoms with Gasteiger partial charge in [-0.05, 0) is 42.3 Å². The molecule has 3 heterocycles. The molecule has 0 aromatic heterocycles. The fourth-order valence-corrected chi connectivity index (χ4v) is 5.62. The minimum atomic E-state index is -1.46. The summed E-state index contributed by atoms with van der Waals surface area (Å²) in [6.45, 7) is 0.0668. The average Bonchev–Trinajstić information content (AvgIpc) is 3.39. The van der Waals surface area contributed by atoms with Crippen LogP contribution in [0.4, 0.5) is 5.69 Å². The number of amides is 4. The van der Waals surface area contributed by atoms with E-state index >= 15 is 0 Å². The molecule has 0 bridgehead atoms. The van der Waals surface area contributed by atoms with E-state index in [9.17, 15) is 19.2 Å². The smallest absolute Gasteiger partial charge is 0.250 e. The summed E-state index contributed by atoms with van der Waals surface area (Å²) in [6.07, 6.45) is 0.234. The highest BCUT2D eigenvalue weighted by molar-refractivity contribution is 6.31. The van der Waals surface area contributed by atoms with Gasteiger partial charge in [-0.2, -0.15) is 0 Å². The van der Waals surface area contributed by atoms with Crippen LogP contribution in [0.5, 0.6) is 5.75 Å². The molecule has 2 saturated heterocycles. The molecule has 0 unspecified atom stereocenters. The van der Waals surface area contributed by atoms with Gasteiger partial charge < -0.3 is 15.8 Å². The fraction of sp³-hybridized carbons (Fsp3) is 0.333. The van der Waals surface area contributed by atoms with Crippen molar-refractivity contribution in [1.82, 2.24) is 10.2 Å². The van der Waals surface area contributed by atoms with Gasteiger partial charge in [0, 0.05) is 28.7 Å². The van der Waals surface area contributed by atoms with E-state index in [1.54, 1.807) is 49.6 Å². The molecule has 34 heavy (non-hydrogen) atoms. The maximum absolute atomic E-state index is 13.7. The summed E-state index contributed by atoms with van der Waals surface area (Å²) in [5.74, 6) is -2.91. The number of halogens is 1. The van der Waals surface area contributed by atoms with Crippen molar-refractivity contribution < 1.29 is 23.9 Å². The van der Waals surface area contributed by atoms with Crippen LogP contribution in [0.1, 0.15) is 24.0 Å². The van der Waals surface area contributed by atoms with Gasteiger partial charge in [0.05, 0.1) is 25.5 Å². The molecule has 0 saturated carbocycles. The van der Waals surface area contributed by atoms with E-state index in [1.165, 1.54) is 4.90 Å². The number of carbonyl (C=O) groups is 4. The van der Waals surface area contributed by atoms with Gasteiger partial charge >= 0.3 is 0 Å². The number of nitrogens with one attached hydrogen (secondary N) is 2. The monoisotopic (exact) mass is 482 g/mol. The predicted molar refractivity (Wildman–Crippen MR) is 123 cm³/mol. The van der Waals surface area contributed by atoms with Gasteiger partial charge in [-0.15, -0.1) is 0 Å². The molecular formula is C24H23ClN4O5. The Morgan fingerprint density at radius 2 is 1.88 bits per heavy atom. The first-order valence-electron chi connectivity index (χ1n) is 10.9. The van der Waals surface area contributed by atoms with Crippen LogP contribution in [0.15, 0.2) is 42.5 Å². The average molecular weight is 483 g/mol. The first-order chi connectivity index (χ1) is 16.3. The zero-order valence-corrected chi connectivity index (χ0v) is 19.1. The van der Waals surface area contributed by atoms with E-state index in [0.717, 1.165) is 5.56 Å². The Hall–Kier alpha value is -3.43. The Kier molecular flexibility index (Phi) is 5.33. The third-order valence-electron chi connectivity index (χ3n) is 6.97. The molecule has 4 N–H and O–H groups in total. The SMILES string of the molecule is COc1ccc(CN2C(=O)[C@@H]3[C@@H](C2=O)[C@]2(N[C@@H]3CCC(N)=O)C(=O)Nc3ccc(Cl)cc32)cc1. The molecule has 3 aliphatic heterocycles. The molecule has 1 spiro atoms. The van der Waals surface area contributed by atoms with Crippen LogP contribution in [0.25, 0.3) is 0 Å². The van der Waals surface area contributed by atoms with Gasteiger partial charge in [0.25, 0.3) is 0 Å². The van der Waals surface area contributed by atoms with Crippen molar-refractivity contribution in [3.8, 4) is 5.75 Å². The third kappa shape index (κ3) is 3.26. The van der Waals surface area contributed by atoms with E-state index in [0.29, 0.717) is 22.0 Å². The van der Waals surface area contributed by atoms with Gasteiger partial charge in [-0.1, -0.05) is 23.7 Å². The Morgan fingerprint density at radius 3 is 2.56 bits per heavy atom. The lowest BCUT2D eigenvalue weighted by molar-refractivity contribution is -0.143. The Bertz CT molecular complexity index is 1220. The summed E-state index contributed by atoms with van der Waals surface area (Å²) < 4.78 is 5.17. The van der Waals surface area contributed by atoms with E-state index in [4.69, 9.17) is 22.1 Å². The van der Waals surface area contributed by atoms with Crippen LogP contribution in [0, 0.1) is 11.8 Å². The van der Waals surface area contributed by atoms with Crippen molar-refractivity contribution in [2.24, 2.45) is 17.6 Å². The summed E-state index contributed by atoms with van der Waals surface area (Å²) in [6, 6.07) is 11.4. The molecule has 10 heteroatoms. The second-order valence-electron chi connectivity index (χ2n) is 8.82. The van der Waals surface area contributed by atoms with Crippen LogP contribution >= 0.6 is 11.6 Å². The molecular weight excluding hydrogens is 460 g/mol. The summed E-state index contributed by atoms with van der Waals surface area (Å²) in [4.78, 5) is 53.4. The molecule has 176 valence electrons. The van der Waals surface area contributed by atoms with Gasteiger partial charge in [0.2, 0.25) is 23.6 Å². The first-order valence-corrected chi connectivity index (χ1v) is 11.3. The lowest BCUT2D eigenvalue weighted by Gasteiger charge is -2.29. The van der Waals surface area contributed by atoms with Gasteiger partial charge in [0.1, 0.15) is 11.3 Å². The van der Waals surface area contributed by atoms with Crippen LogP contribution in [0.3, 0.4) is 0 Å². The second-order valence-corrected chi connectivity index (χ2v) is 9.26. The number of nitrogens with two attached hydrogens (primary N) is 1. The maximum atomic E-state index is 13.7. The number of carbonyl (C=O) groups excluding carboxylic acids is 4. The van der Waals surface area contributed by atoms with Crippen molar-refractivity contribution in [2.75, 3.05) is 12.4 Å². The molecule has 0 aliphatic carbocycles. The normalized spacial score (nSPS) is 27.2. The standard InChI is InChI=1S/C24H23ClN4O5/c1-34-14-5-2-12(3-6-14)11-29-21(31)19-17(8-9-18(26)30)28-24(20(19)22(29)32)15-10-13(25)4-7-16(15)27-23(24)33/h2-7,10,17,19-20,28H,8-9,11H2,1H3,(H2,26,30)(H,27,33)/t17-,19+,20+,24+/m1/s1. The number of hydrogen-bond donors (Lipinski definition) is 3. The largest absolute Gasteiger partial charge is 0.497 e. The van der Waals surface area contributed by atoms with Gasteiger partial charge in [0.15, 0.2) is 0 Å². The molecule has 4 atom stereocenters. The Balaban J connectivity index is 1.56. The number of benzene rings is 2. The Labute approximate surface area is 200 Å². The summed E-state index contributed by atoms with van der Waals surface area (Å²) in [5, 5.41) is 6.48. The maximum Gasteiger partial charge on any atom is 0.250 e. The number of nitrogens with zero attached hydrogens (tertiary/aromatic N) is 1. The topological polar surface area (TPSA) is 131 Å². The van der Waals surface area contributed by atoms with E-state index in [-0.39, 0.29) is 25.3 Å². The van der Waals surface area contributed by atoms with E-state index in [2.05, 4.69) is 10.6 Å². The number of imide groups is 1. The van der Waals surface area contributed by atoms with Crippen LogP contribution in [-0.2, 0) is 31.3 Å². The zero-order chi connectivity index (χ0) is 24.2.